The number of hydrogen-bond acceptors (Lipinski definition) is 13. The van der Waals surface area contributed by atoms with Gasteiger partial charge in [-0.2, -0.15) is 0 Å². The van der Waals surface area contributed by atoms with Gasteiger partial charge in [0.05, 0.1) is 10.6 Å². The minimum Gasteiger partial charge on any atom is -0.744 e. The number of nitrogen functional groups attached to an aromatic ring is 2. The average molecular weight is 644 g/mol. The molecule has 0 bridgehead atoms. The molecule has 0 saturated heterocycles. The van der Waals surface area contributed by atoms with Gasteiger partial charge in [-0.25, -0.2) is 8.42 Å². The van der Waals surface area contributed by atoms with Crippen molar-refractivity contribution in [1.82, 2.24) is 0 Å². The van der Waals surface area contributed by atoms with Crippen LogP contribution < -0.4 is 55.8 Å². The average Bonchev–Trinajstić information content (AvgIpc) is 2.89. The Kier molecular flexibility index (Phi) is 11.2. The first-order chi connectivity index (χ1) is 20.7. The molecule has 10 N–H and O–H groups in total. The van der Waals surface area contributed by atoms with Gasteiger partial charge in [-0.3, -0.25) is 0 Å². The van der Waals surface area contributed by atoms with Crippen LogP contribution in [0.3, 0.4) is 0 Å². The van der Waals surface area contributed by atoms with E-state index in [9.17, 15) is 38.5 Å². The predicted octanol–water partition coefficient (Wildman–Crippen LogP) is 2.30. The molecule has 0 aliphatic rings. The molecule has 0 saturated carbocycles. The summed E-state index contributed by atoms with van der Waals surface area (Å²) in [7, 11) is -4.60. The third-order valence-corrected chi connectivity index (χ3v) is 6.43. The van der Waals surface area contributed by atoms with E-state index in [4.69, 9.17) is 20.9 Å². The number of nitrogens with two attached hydrogens (primary N) is 2. The van der Waals surface area contributed by atoms with Gasteiger partial charge in [-0.05, 0) is 42.5 Å². The van der Waals surface area contributed by atoms with Crippen LogP contribution in [0.1, 0.15) is 0 Å². The summed E-state index contributed by atoms with van der Waals surface area (Å²) in [5.74, 6) is -0.185. The van der Waals surface area contributed by atoms with Gasteiger partial charge in [-0.15, -0.1) is 0 Å². The molecule has 5 rings (SSSR count). The Morgan fingerprint density at radius 1 is 0.556 bits per heavy atom. The molecule has 228 valence electrons. The van der Waals surface area contributed by atoms with Crippen LogP contribution in [0.2, 0.25) is 0 Å². The summed E-state index contributed by atoms with van der Waals surface area (Å²) in [5.41, 5.74) is 12.6. The molecule has 0 aromatic heterocycles. The summed E-state index contributed by atoms with van der Waals surface area (Å²) in [4.78, 5) is -0.385. The van der Waals surface area contributed by atoms with Crippen molar-refractivity contribution in [2.24, 2.45) is 0 Å². The largest absolute Gasteiger partial charge is 1.00 e. The first kappa shape index (κ1) is 34.5. The molecule has 0 spiro atoms. The summed E-state index contributed by atoms with van der Waals surface area (Å²) in [6.45, 7) is 0. The molecule has 45 heavy (non-hydrogen) atoms. The van der Waals surface area contributed by atoms with Crippen LogP contribution in [0.15, 0.2) is 102 Å². The smallest absolute Gasteiger partial charge is 0.744 e. The van der Waals surface area contributed by atoms with E-state index in [2.05, 4.69) is 5.32 Å². The molecule has 5 aromatic carbocycles. The molecule has 13 nitrogen and oxygen atoms in total. The van der Waals surface area contributed by atoms with Crippen molar-refractivity contribution in [3.8, 4) is 51.7 Å². The molecule has 0 aliphatic heterocycles. The van der Waals surface area contributed by atoms with Gasteiger partial charge in [0.25, 0.3) is 0 Å². The third-order valence-electron chi connectivity index (χ3n) is 5.55. The van der Waals surface area contributed by atoms with Crippen molar-refractivity contribution in [2.75, 3.05) is 16.8 Å². The van der Waals surface area contributed by atoms with E-state index in [0.29, 0.717) is 11.4 Å². The van der Waals surface area contributed by atoms with Gasteiger partial charge in [0.1, 0.15) is 61.9 Å². The Bertz CT molecular complexity index is 1790. The Morgan fingerprint density at radius 3 is 1.36 bits per heavy atom. The number of aromatic hydroxyl groups is 5. The molecule has 0 heterocycles. The first-order valence-corrected chi connectivity index (χ1v) is 13.9. The fourth-order valence-electron chi connectivity index (χ4n) is 3.77. The fourth-order valence-corrected chi connectivity index (χ4v) is 4.44. The van der Waals surface area contributed by atoms with Crippen LogP contribution in [0, 0.1) is 0 Å². The summed E-state index contributed by atoms with van der Waals surface area (Å²) in [6.07, 6.45) is 0. The molecular formula is C30H26N3NaO10S. The van der Waals surface area contributed by atoms with Crippen LogP contribution in [0.4, 0.5) is 22.7 Å². The Balaban J connectivity index is 0.000000249. The molecule has 0 fully saturated rings. The van der Waals surface area contributed by atoms with E-state index < -0.39 is 10.1 Å². The first-order valence-electron chi connectivity index (χ1n) is 12.5. The second kappa shape index (κ2) is 14.7. The van der Waals surface area contributed by atoms with Gasteiger partial charge in [0.2, 0.25) is 0 Å². The second-order valence-electron chi connectivity index (χ2n) is 9.19. The molecule has 15 heteroatoms. The van der Waals surface area contributed by atoms with Crippen LogP contribution in [0.25, 0.3) is 0 Å². The fraction of sp³-hybridized carbons (Fsp3) is 0. The number of anilines is 4. The summed E-state index contributed by atoms with van der Waals surface area (Å²) >= 11 is 0. The number of hydrogen-bond donors (Lipinski definition) is 8. The number of benzene rings is 5. The summed E-state index contributed by atoms with van der Waals surface area (Å²) in [6, 6.07) is 22.3. The normalized spacial score (nSPS) is 10.5. The Hall–Kier alpha value is -4.99. The van der Waals surface area contributed by atoms with E-state index in [-0.39, 0.29) is 97.6 Å². The topological polar surface area (TPSA) is 241 Å². The molecular weight excluding hydrogens is 617 g/mol. The van der Waals surface area contributed by atoms with Crippen LogP contribution in [-0.2, 0) is 10.1 Å². The molecule has 0 atom stereocenters. The van der Waals surface area contributed by atoms with Gasteiger partial charge in [-0.1, -0.05) is 0 Å². The van der Waals surface area contributed by atoms with Crippen molar-refractivity contribution in [3.63, 3.8) is 0 Å². The molecule has 0 aliphatic carbocycles. The number of rotatable bonds is 7. The van der Waals surface area contributed by atoms with Crippen molar-refractivity contribution in [3.05, 3.63) is 97.1 Å². The molecule has 5 aromatic rings. The minimum atomic E-state index is -4.60. The van der Waals surface area contributed by atoms with Gasteiger partial charge >= 0.3 is 29.6 Å². The second-order valence-corrected chi connectivity index (χ2v) is 10.5. The Labute approximate surface area is 279 Å². The maximum atomic E-state index is 11.2. The maximum absolute atomic E-state index is 11.2. The zero-order valence-corrected chi connectivity index (χ0v) is 26.4. The van der Waals surface area contributed by atoms with Crippen LogP contribution in [0.5, 0.6) is 51.7 Å². The number of ether oxygens (including phenoxy) is 2. The predicted molar refractivity (Wildman–Crippen MR) is 161 cm³/mol. The summed E-state index contributed by atoms with van der Waals surface area (Å²) in [5, 5.41) is 50.5. The van der Waals surface area contributed by atoms with Gasteiger partial charge in [0, 0.05) is 71.7 Å². The van der Waals surface area contributed by atoms with Crippen molar-refractivity contribution >= 4 is 32.9 Å². The molecule has 0 unspecified atom stereocenters. The SMILES string of the molecule is Nc1ccc(Nc2ccc(N)cc2S(=O)(=O)[O-])cc1.Oc1cc(O)cc(Oc2cc(O)cc(Oc3cc(O)cc(O)c3)c2)c1.[Na+]. The molecule has 0 radical (unpaired) electrons. The maximum Gasteiger partial charge on any atom is 1.00 e. The number of phenols is 5. The van der Waals surface area contributed by atoms with Crippen molar-refractivity contribution < 1.29 is 77.5 Å². The quantitative estimate of drug-likeness (QED) is 0.0722. The van der Waals surface area contributed by atoms with E-state index >= 15 is 0 Å². The third kappa shape index (κ3) is 10.3. The number of nitrogens with one attached hydrogen (secondary N) is 1. The standard InChI is InChI=1S/C18H14O7.C12H13N3O3S.Na/c19-10-1-11(20)4-15(3-10)24-17-7-14(23)8-18(9-17)25-16-5-12(21)2-13(22)6-16;13-8-1-4-10(5-2-8)15-11-6-3-9(14)7-12(11)19(16,17)18;/h1-9,19-23H;1-7,15H,13-14H2,(H,16,17,18);/q;;+1/p-1. The van der Waals surface area contributed by atoms with Crippen LogP contribution >= 0.6 is 0 Å². The Morgan fingerprint density at radius 2 is 0.933 bits per heavy atom. The van der Waals surface area contributed by atoms with Gasteiger partial charge in [0.15, 0.2) is 0 Å². The van der Waals surface area contributed by atoms with Crippen LogP contribution in [-0.4, -0.2) is 38.5 Å². The van der Waals surface area contributed by atoms with Crippen molar-refractivity contribution in [1.29, 1.82) is 0 Å². The van der Waals surface area contributed by atoms with E-state index in [1.807, 2.05) is 0 Å². The molecule has 0 amide bonds. The number of phenolic OH excluding ortho intramolecular Hbond substituents is 5. The van der Waals surface area contributed by atoms with E-state index in [0.717, 1.165) is 18.2 Å². The minimum absolute atomic E-state index is 0. The summed E-state index contributed by atoms with van der Waals surface area (Å²) < 4.78 is 44.5. The van der Waals surface area contributed by atoms with E-state index in [1.165, 1.54) is 54.6 Å². The monoisotopic (exact) mass is 643 g/mol. The van der Waals surface area contributed by atoms with E-state index in [1.54, 1.807) is 24.3 Å². The van der Waals surface area contributed by atoms with Crippen molar-refractivity contribution in [2.45, 2.75) is 4.90 Å². The zero-order valence-electron chi connectivity index (χ0n) is 23.6. The van der Waals surface area contributed by atoms with Gasteiger partial charge < -0.3 is 56.3 Å². The zero-order chi connectivity index (χ0) is 32.0.